The van der Waals surface area contributed by atoms with E-state index in [4.69, 9.17) is 0 Å². The average Bonchev–Trinajstić information content (AvgIpc) is 2.81. The molecule has 17 heavy (non-hydrogen) atoms. The maximum absolute atomic E-state index is 11.6. The lowest BCUT2D eigenvalue weighted by Crippen LogP contribution is -2.38. The van der Waals surface area contributed by atoms with Crippen molar-refractivity contribution < 1.29 is 4.79 Å². The standard InChI is InChI=1S/C14H28N2O/c1-14(2,12-7-4-5-8-12)11-16-13(17)9-6-10-15-3/h12,15H,4-11H2,1-3H3,(H,16,17). The van der Waals surface area contributed by atoms with Gasteiger partial charge in [0.05, 0.1) is 0 Å². The summed E-state index contributed by atoms with van der Waals surface area (Å²) < 4.78 is 0. The van der Waals surface area contributed by atoms with Gasteiger partial charge >= 0.3 is 0 Å². The molecule has 1 aliphatic carbocycles. The van der Waals surface area contributed by atoms with Gasteiger partial charge in [0.15, 0.2) is 0 Å². The fraction of sp³-hybridized carbons (Fsp3) is 0.929. The molecule has 1 amide bonds. The Morgan fingerprint density at radius 3 is 2.53 bits per heavy atom. The first-order valence-corrected chi connectivity index (χ1v) is 6.97. The molecule has 0 saturated heterocycles. The third kappa shape index (κ3) is 5.07. The Balaban J connectivity index is 2.21. The normalized spacial score (nSPS) is 17.4. The van der Waals surface area contributed by atoms with Gasteiger partial charge in [0, 0.05) is 13.0 Å². The van der Waals surface area contributed by atoms with E-state index >= 15 is 0 Å². The zero-order valence-electron chi connectivity index (χ0n) is 11.6. The molecule has 1 rings (SSSR count). The summed E-state index contributed by atoms with van der Waals surface area (Å²) in [5, 5.41) is 6.15. The summed E-state index contributed by atoms with van der Waals surface area (Å²) in [4.78, 5) is 11.6. The lowest BCUT2D eigenvalue weighted by atomic mass is 9.77. The van der Waals surface area contributed by atoms with Crippen LogP contribution in [-0.2, 0) is 4.79 Å². The maximum Gasteiger partial charge on any atom is 0.220 e. The predicted molar refractivity (Wildman–Crippen MR) is 71.9 cm³/mol. The molecule has 0 aliphatic heterocycles. The first-order valence-electron chi connectivity index (χ1n) is 6.97. The summed E-state index contributed by atoms with van der Waals surface area (Å²) in [7, 11) is 1.92. The average molecular weight is 240 g/mol. The van der Waals surface area contributed by atoms with Gasteiger partial charge in [-0.25, -0.2) is 0 Å². The van der Waals surface area contributed by atoms with Crippen molar-refractivity contribution in [1.29, 1.82) is 0 Å². The number of amides is 1. The van der Waals surface area contributed by atoms with Crippen LogP contribution < -0.4 is 10.6 Å². The molecule has 2 N–H and O–H groups in total. The Morgan fingerprint density at radius 1 is 1.29 bits per heavy atom. The molecular weight excluding hydrogens is 212 g/mol. The SMILES string of the molecule is CNCCCC(=O)NCC(C)(C)C1CCCC1. The zero-order valence-corrected chi connectivity index (χ0v) is 11.6. The van der Waals surface area contributed by atoms with Crippen molar-refractivity contribution in [2.24, 2.45) is 11.3 Å². The molecule has 3 nitrogen and oxygen atoms in total. The number of hydrogen-bond acceptors (Lipinski definition) is 2. The maximum atomic E-state index is 11.6. The summed E-state index contributed by atoms with van der Waals surface area (Å²) in [5.41, 5.74) is 0.259. The van der Waals surface area contributed by atoms with Gasteiger partial charge in [-0.2, -0.15) is 0 Å². The first kappa shape index (κ1) is 14.5. The van der Waals surface area contributed by atoms with E-state index in [1.54, 1.807) is 0 Å². The molecule has 0 heterocycles. The Hall–Kier alpha value is -0.570. The van der Waals surface area contributed by atoms with Crippen LogP contribution in [0.1, 0.15) is 52.4 Å². The van der Waals surface area contributed by atoms with Crippen LogP contribution in [0.15, 0.2) is 0 Å². The molecule has 0 atom stereocenters. The van der Waals surface area contributed by atoms with Gasteiger partial charge in [-0.3, -0.25) is 4.79 Å². The smallest absolute Gasteiger partial charge is 0.220 e. The van der Waals surface area contributed by atoms with Gasteiger partial charge in [0.25, 0.3) is 0 Å². The van der Waals surface area contributed by atoms with E-state index in [0.717, 1.165) is 25.4 Å². The molecule has 1 fully saturated rings. The second kappa shape index (κ2) is 7.00. The number of carbonyl (C=O) groups is 1. The summed E-state index contributed by atoms with van der Waals surface area (Å²) in [6.07, 6.45) is 6.97. The summed E-state index contributed by atoms with van der Waals surface area (Å²) >= 11 is 0. The third-order valence-electron chi connectivity index (χ3n) is 4.03. The Morgan fingerprint density at radius 2 is 1.94 bits per heavy atom. The molecule has 1 aliphatic rings. The molecule has 0 aromatic carbocycles. The number of carbonyl (C=O) groups excluding carboxylic acids is 1. The number of rotatable bonds is 7. The molecule has 1 saturated carbocycles. The van der Waals surface area contributed by atoms with E-state index in [2.05, 4.69) is 24.5 Å². The molecule has 0 spiro atoms. The molecule has 0 unspecified atom stereocenters. The fourth-order valence-electron chi connectivity index (χ4n) is 2.69. The first-order chi connectivity index (χ1) is 8.06. The lowest BCUT2D eigenvalue weighted by Gasteiger charge is -2.31. The minimum Gasteiger partial charge on any atom is -0.356 e. The molecular formula is C14H28N2O. The molecule has 0 bridgehead atoms. The van der Waals surface area contributed by atoms with Crippen molar-refractivity contribution >= 4 is 5.91 Å². The molecule has 0 radical (unpaired) electrons. The molecule has 0 aromatic heterocycles. The highest BCUT2D eigenvalue weighted by molar-refractivity contribution is 5.75. The molecule has 0 aromatic rings. The van der Waals surface area contributed by atoms with Crippen molar-refractivity contribution in [3.05, 3.63) is 0 Å². The lowest BCUT2D eigenvalue weighted by molar-refractivity contribution is -0.121. The highest BCUT2D eigenvalue weighted by Crippen LogP contribution is 2.38. The monoisotopic (exact) mass is 240 g/mol. The number of nitrogens with one attached hydrogen (secondary N) is 2. The Bertz CT molecular complexity index is 232. The summed E-state index contributed by atoms with van der Waals surface area (Å²) in [6, 6.07) is 0. The second-order valence-corrected chi connectivity index (χ2v) is 5.95. The predicted octanol–water partition coefficient (Wildman–Crippen LogP) is 2.32. The van der Waals surface area contributed by atoms with E-state index in [-0.39, 0.29) is 11.3 Å². The highest BCUT2D eigenvalue weighted by atomic mass is 16.1. The van der Waals surface area contributed by atoms with E-state index in [1.807, 2.05) is 7.05 Å². The van der Waals surface area contributed by atoms with Gasteiger partial charge in [-0.1, -0.05) is 26.7 Å². The second-order valence-electron chi connectivity index (χ2n) is 5.95. The quantitative estimate of drug-likeness (QED) is 0.671. The van der Waals surface area contributed by atoms with Crippen LogP contribution in [0.5, 0.6) is 0 Å². The third-order valence-corrected chi connectivity index (χ3v) is 4.03. The molecule has 100 valence electrons. The van der Waals surface area contributed by atoms with Crippen LogP contribution in [0.25, 0.3) is 0 Å². The van der Waals surface area contributed by atoms with E-state index < -0.39 is 0 Å². The van der Waals surface area contributed by atoms with Crippen LogP contribution >= 0.6 is 0 Å². The highest BCUT2D eigenvalue weighted by Gasteiger charge is 2.31. The van der Waals surface area contributed by atoms with Crippen LogP contribution in [0, 0.1) is 11.3 Å². The number of hydrogen-bond donors (Lipinski definition) is 2. The van der Waals surface area contributed by atoms with Gasteiger partial charge in [-0.15, -0.1) is 0 Å². The van der Waals surface area contributed by atoms with Crippen LogP contribution in [0.3, 0.4) is 0 Å². The van der Waals surface area contributed by atoms with Gasteiger partial charge in [0.2, 0.25) is 5.91 Å². The van der Waals surface area contributed by atoms with Crippen molar-refractivity contribution in [1.82, 2.24) is 10.6 Å². The van der Waals surface area contributed by atoms with Crippen molar-refractivity contribution in [3.8, 4) is 0 Å². The van der Waals surface area contributed by atoms with E-state index in [9.17, 15) is 4.79 Å². The minimum atomic E-state index is 0.200. The van der Waals surface area contributed by atoms with Crippen molar-refractivity contribution in [2.75, 3.05) is 20.1 Å². The topological polar surface area (TPSA) is 41.1 Å². The van der Waals surface area contributed by atoms with Gasteiger partial charge in [-0.05, 0) is 44.2 Å². The van der Waals surface area contributed by atoms with Crippen molar-refractivity contribution in [3.63, 3.8) is 0 Å². The van der Waals surface area contributed by atoms with Gasteiger partial charge < -0.3 is 10.6 Å². The van der Waals surface area contributed by atoms with Crippen LogP contribution in [0.2, 0.25) is 0 Å². The summed E-state index contributed by atoms with van der Waals surface area (Å²) in [6.45, 7) is 6.32. The van der Waals surface area contributed by atoms with Crippen LogP contribution in [0.4, 0.5) is 0 Å². The van der Waals surface area contributed by atoms with E-state index in [1.165, 1.54) is 25.7 Å². The van der Waals surface area contributed by atoms with Gasteiger partial charge in [0.1, 0.15) is 0 Å². The minimum absolute atomic E-state index is 0.200. The zero-order chi connectivity index (χ0) is 12.7. The summed E-state index contributed by atoms with van der Waals surface area (Å²) in [5.74, 6) is 0.992. The van der Waals surface area contributed by atoms with Crippen molar-refractivity contribution in [2.45, 2.75) is 52.4 Å². The Kier molecular flexibility index (Phi) is 5.96. The largest absolute Gasteiger partial charge is 0.356 e. The fourth-order valence-corrected chi connectivity index (χ4v) is 2.69. The van der Waals surface area contributed by atoms with E-state index in [0.29, 0.717) is 6.42 Å². The van der Waals surface area contributed by atoms with Crippen LogP contribution in [-0.4, -0.2) is 26.0 Å². The molecule has 3 heteroatoms. The Labute approximate surface area is 106 Å².